The number of piperidine rings is 1. The number of aliphatic hydroxyl groups excluding tert-OH is 1. The zero-order valence-electron chi connectivity index (χ0n) is 10.5. The number of nitrogens with one attached hydrogen (secondary N) is 1. The first kappa shape index (κ1) is 12.3. The van der Waals surface area contributed by atoms with Crippen LogP contribution in [0, 0.1) is 5.92 Å². The Morgan fingerprint density at radius 3 is 2.62 bits per heavy atom. The molecular weight excluding hydrogens is 200 g/mol. The Kier molecular flexibility index (Phi) is 4.62. The monoisotopic (exact) mass is 226 g/mol. The van der Waals surface area contributed by atoms with Crippen LogP contribution in [-0.4, -0.2) is 48.8 Å². The van der Waals surface area contributed by atoms with Crippen molar-refractivity contribution in [1.82, 2.24) is 10.2 Å². The van der Waals surface area contributed by atoms with E-state index < -0.39 is 0 Å². The Morgan fingerprint density at radius 1 is 1.25 bits per heavy atom. The number of hydrogen-bond donors (Lipinski definition) is 2. The van der Waals surface area contributed by atoms with E-state index in [-0.39, 0.29) is 0 Å². The van der Waals surface area contributed by atoms with Gasteiger partial charge in [-0.25, -0.2) is 0 Å². The Bertz CT molecular complexity index is 204. The fourth-order valence-corrected chi connectivity index (χ4v) is 3.41. The first-order valence-corrected chi connectivity index (χ1v) is 6.85. The molecule has 2 unspecified atom stereocenters. The summed E-state index contributed by atoms with van der Waals surface area (Å²) in [7, 11) is 2.07. The van der Waals surface area contributed by atoms with Gasteiger partial charge in [0.2, 0.25) is 0 Å². The maximum Gasteiger partial charge on any atom is 0.0434 e. The summed E-state index contributed by atoms with van der Waals surface area (Å²) < 4.78 is 0. The van der Waals surface area contributed by atoms with E-state index in [2.05, 4.69) is 17.3 Å². The minimum atomic E-state index is 0.347. The van der Waals surface area contributed by atoms with Gasteiger partial charge in [-0.3, -0.25) is 4.90 Å². The highest BCUT2D eigenvalue weighted by molar-refractivity contribution is 4.88. The van der Waals surface area contributed by atoms with E-state index in [0.29, 0.717) is 18.6 Å². The fourth-order valence-electron chi connectivity index (χ4n) is 3.41. The van der Waals surface area contributed by atoms with Crippen LogP contribution < -0.4 is 5.32 Å². The molecule has 2 N–H and O–H groups in total. The lowest BCUT2D eigenvalue weighted by atomic mass is 9.90. The van der Waals surface area contributed by atoms with Crippen molar-refractivity contribution in [3.8, 4) is 0 Å². The number of likely N-dealkylation sites (tertiary alicyclic amines) is 1. The number of hydrogen-bond acceptors (Lipinski definition) is 3. The van der Waals surface area contributed by atoms with Gasteiger partial charge in [-0.15, -0.1) is 0 Å². The van der Waals surface area contributed by atoms with Gasteiger partial charge < -0.3 is 10.4 Å². The third kappa shape index (κ3) is 2.96. The standard InChI is InChI=1S/C13H26N2O/c1-14-12-8-11(6-7-16)9-15(10-12)13-4-2-3-5-13/h11-14,16H,2-10H2,1H3. The van der Waals surface area contributed by atoms with Crippen molar-refractivity contribution in [3.63, 3.8) is 0 Å². The second kappa shape index (κ2) is 5.99. The number of nitrogens with zero attached hydrogens (tertiary/aromatic N) is 1. The summed E-state index contributed by atoms with van der Waals surface area (Å²) in [6, 6.07) is 1.46. The second-order valence-electron chi connectivity index (χ2n) is 5.49. The molecule has 2 atom stereocenters. The van der Waals surface area contributed by atoms with Crippen LogP contribution in [0.3, 0.4) is 0 Å². The maximum atomic E-state index is 9.09. The summed E-state index contributed by atoms with van der Waals surface area (Å²) in [4.78, 5) is 2.68. The molecule has 1 aliphatic heterocycles. The third-order valence-electron chi connectivity index (χ3n) is 4.35. The minimum absolute atomic E-state index is 0.347. The Hall–Kier alpha value is -0.120. The van der Waals surface area contributed by atoms with Crippen LogP contribution in [-0.2, 0) is 0 Å². The van der Waals surface area contributed by atoms with Crippen LogP contribution in [0.4, 0.5) is 0 Å². The van der Waals surface area contributed by atoms with Crippen molar-refractivity contribution in [1.29, 1.82) is 0 Å². The molecule has 0 amide bonds. The molecule has 0 bridgehead atoms. The summed E-state index contributed by atoms with van der Waals surface area (Å²) in [5.74, 6) is 0.691. The maximum absolute atomic E-state index is 9.09. The molecule has 0 aromatic rings. The van der Waals surface area contributed by atoms with E-state index in [1.807, 2.05) is 0 Å². The van der Waals surface area contributed by atoms with Crippen LogP contribution in [0.15, 0.2) is 0 Å². The largest absolute Gasteiger partial charge is 0.396 e. The van der Waals surface area contributed by atoms with Gasteiger partial charge in [0.05, 0.1) is 0 Å². The summed E-state index contributed by atoms with van der Waals surface area (Å²) in [6.45, 7) is 2.77. The lowest BCUT2D eigenvalue weighted by Gasteiger charge is -2.41. The van der Waals surface area contributed by atoms with Gasteiger partial charge >= 0.3 is 0 Å². The van der Waals surface area contributed by atoms with Crippen molar-refractivity contribution in [2.24, 2.45) is 5.92 Å². The molecule has 94 valence electrons. The molecule has 2 rings (SSSR count). The SMILES string of the molecule is CNC1CC(CCO)CN(C2CCCC2)C1. The van der Waals surface area contributed by atoms with Crippen LogP contribution in [0.1, 0.15) is 38.5 Å². The molecular formula is C13H26N2O. The van der Waals surface area contributed by atoms with Gasteiger partial charge in [0.15, 0.2) is 0 Å². The highest BCUT2D eigenvalue weighted by Crippen LogP contribution is 2.28. The molecule has 0 radical (unpaired) electrons. The normalized spacial score (nSPS) is 33.4. The minimum Gasteiger partial charge on any atom is -0.396 e. The van der Waals surface area contributed by atoms with Gasteiger partial charge in [-0.05, 0) is 38.6 Å². The molecule has 0 spiro atoms. The Balaban J connectivity index is 1.90. The fraction of sp³-hybridized carbons (Fsp3) is 1.00. The van der Waals surface area contributed by atoms with Crippen LogP contribution in [0.2, 0.25) is 0 Å². The van der Waals surface area contributed by atoms with Gasteiger partial charge in [0, 0.05) is 31.8 Å². The van der Waals surface area contributed by atoms with Gasteiger partial charge in [0.25, 0.3) is 0 Å². The molecule has 16 heavy (non-hydrogen) atoms. The van der Waals surface area contributed by atoms with E-state index in [4.69, 9.17) is 5.11 Å². The molecule has 0 aromatic carbocycles. The molecule has 3 heteroatoms. The third-order valence-corrected chi connectivity index (χ3v) is 4.35. The summed E-state index contributed by atoms with van der Waals surface area (Å²) in [6.07, 6.45) is 7.82. The number of rotatable bonds is 4. The first-order chi connectivity index (χ1) is 7.83. The summed E-state index contributed by atoms with van der Waals surface area (Å²) in [5.41, 5.74) is 0. The Labute approximate surface area is 99.2 Å². The zero-order valence-corrected chi connectivity index (χ0v) is 10.5. The van der Waals surface area contributed by atoms with Crippen LogP contribution in [0.25, 0.3) is 0 Å². The average molecular weight is 226 g/mol. The van der Waals surface area contributed by atoms with Crippen molar-refractivity contribution in [2.75, 3.05) is 26.7 Å². The van der Waals surface area contributed by atoms with E-state index in [0.717, 1.165) is 12.5 Å². The molecule has 2 fully saturated rings. The lowest BCUT2D eigenvalue weighted by molar-refractivity contribution is 0.0885. The molecule has 3 nitrogen and oxygen atoms in total. The number of likely N-dealkylation sites (N-methyl/N-ethyl adjacent to an activating group) is 1. The molecule has 0 aromatic heterocycles. The zero-order chi connectivity index (χ0) is 11.4. The van der Waals surface area contributed by atoms with Crippen LogP contribution >= 0.6 is 0 Å². The molecule has 2 aliphatic rings. The quantitative estimate of drug-likeness (QED) is 0.756. The smallest absolute Gasteiger partial charge is 0.0434 e. The average Bonchev–Trinajstić information content (AvgIpc) is 2.82. The van der Waals surface area contributed by atoms with E-state index in [9.17, 15) is 0 Å². The predicted octanol–water partition coefficient (Wildman–Crippen LogP) is 1.22. The molecule has 1 saturated carbocycles. The number of aliphatic hydroxyl groups is 1. The van der Waals surface area contributed by atoms with Gasteiger partial charge in [-0.2, -0.15) is 0 Å². The van der Waals surface area contributed by atoms with E-state index in [1.165, 1.54) is 45.2 Å². The first-order valence-electron chi connectivity index (χ1n) is 6.85. The van der Waals surface area contributed by atoms with Crippen molar-refractivity contribution in [3.05, 3.63) is 0 Å². The molecule has 1 heterocycles. The molecule has 1 aliphatic carbocycles. The topological polar surface area (TPSA) is 35.5 Å². The van der Waals surface area contributed by atoms with Crippen molar-refractivity contribution >= 4 is 0 Å². The lowest BCUT2D eigenvalue weighted by Crippen LogP contribution is -2.51. The predicted molar refractivity (Wildman–Crippen MR) is 66.5 cm³/mol. The highest BCUT2D eigenvalue weighted by Gasteiger charge is 2.31. The van der Waals surface area contributed by atoms with Crippen molar-refractivity contribution < 1.29 is 5.11 Å². The van der Waals surface area contributed by atoms with E-state index >= 15 is 0 Å². The highest BCUT2D eigenvalue weighted by atomic mass is 16.3. The molecule has 1 saturated heterocycles. The van der Waals surface area contributed by atoms with Gasteiger partial charge in [-0.1, -0.05) is 12.8 Å². The second-order valence-corrected chi connectivity index (χ2v) is 5.49. The summed E-state index contributed by atoms with van der Waals surface area (Å²) >= 11 is 0. The summed E-state index contributed by atoms with van der Waals surface area (Å²) in [5, 5.41) is 12.5. The Morgan fingerprint density at radius 2 is 2.00 bits per heavy atom. The van der Waals surface area contributed by atoms with Gasteiger partial charge in [0.1, 0.15) is 0 Å². The van der Waals surface area contributed by atoms with Crippen LogP contribution in [0.5, 0.6) is 0 Å². The van der Waals surface area contributed by atoms with E-state index in [1.54, 1.807) is 0 Å². The van der Waals surface area contributed by atoms with Crippen molar-refractivity contribution in [2.45, 2.75) is 50.6 Å².